The lowest BCUT2D eigenvalue weighted by atomic mass is 10.1. The van der Waals surface area contributed by atoms with Gasteiger partial charge >= 0.3 is 0 Å². The topological polar surface area (TPSA) is 92.5 Å². The maximum atomic E-state index is 12.0. The molecule has 8 nitrogen and oxygen atoms in total. The summed E-state index contributed by atoms with van der Waals surface area (Å²) in [5.41, 5.74) is 0.752. The van der Waals surface area contributed by atoms with Gasteiger partial charge in [-0.3, -0.25) is 4.40 Å². The van der Waals surface area contributed by atoms with Crippen LogP contribution in [-0.4, -0.2) is 52.4 Å². The zero-order valence-corrected chi connectivity index (χ0v) is 13.8. The SMILES string of the molecule is Cc1nnc2c(N3CCC(NS(=O)(=O)C4CC4)CC3)nccn12. The molecule has 124 valence electrons. The Bertz CT molecular complexity index is 821. The summed E-state index contributed by atoms with van der Waals surface area (Å²) in [7, 11) is -3.11. The number of nitrogens with one attached hydrogen (secondary N) is 1. The first-order chi connectivity index (χ1) is 11.0. The molecule has 23 heavy (non-hydrogen) atoms. The summed E-state index contributed by atoms with van der Waals surface area (Å²) >= 11 is 0. The van der Waals surface area contributed by atoms with E-state index in [2.05, 4.69) is 24.8 Å². The third-order valence-corrected chi connectivity index (χ3v) is 6.58. The van der Waals surface area contributed by atoms with Crippen LogP contribution in [0.5, 0.6) is 0 Å². The number of aromatic nitrogens is 4. The molecule has 2 aromatic rings. The number of hydrogen-bond acceptors (Lipinski definition) is 6. The highest BCUT2D eigenvalue weighted by Gasteiger charge is 2.37. The van der Waals surface area contributed by atoms with Gasteiger partial charge in [-0.1, -0.05) is 0 Å². The lowest BCUT2D eigenvalue weighted by molar-refractivity contribution is 0.458. The van der Waals surface area contributed by atoms with Crippen molar-refractivity contribution in [3.05, 3.63) is 18.2 Å². The van der Waals surface area contributed by atoms with Gasteiger partial charge in [0.1, 0.15) is 5.82 Å². The largest absolute Gasteiger partial charge is 0.353 e. The molecule has 2 aliphatic rings. The highest BCUT2D eigenvalue weighted by atomic mass is 32.2. The fourth-order valence-corrected chi connectivity index (χ4v) is 4.72. The van der Waals surface area contributed by atoms with Gasteiger partial charge in [0.2, 0.25) is 15.7 Å². The molecule has 1 saturated carbocycles. The molecule has 1 saturated heterocycles. The first-order valence-electron chi connectivity index (χ1n) is 7.97. The highest BCUT2D eigenvalue weighted by molar-refractivity contribution is 7.90. The molecule has 2 aromatic heterocycles. The average Bonchev–Trinajstić information content (AvgIpc) is 3.33. The van der Waals surface area contributed by atoms with Crippen molar-refractivity contribution < 1.29 is 8.42 Å². The smallest absolute Gasteiger partial charge is 0.214 e. The van der Waals surface area contributed by atoms with Crippen molar-refractivity contribution in [1.82, 2.24) is 24.3 Å². The Morgan fingerprint density at radius 2 is 1.91 bits per heavy atom. The van der Waals surface area contributed by atoms with E-state index in [9.17, 15) is 8.42 Å². The van der Waals surface area contributed by atoms with Gasteiger partial charge in [0.15, 0.2) is 5.82 Å². The van der Waals surface area contributed by atoms with Crippen LogP contribution in [0.4, 0.5) is 5.82 Å². The Balaban J connectivity index is 1.46. The van der Waals surface area contributed by atoms with Crippen molar-refractivity contribution in [3.8, 4) is 0 Å². The molecule has 0 aromatic carbocycles. The molecule has 0 spiro atoms. The number of rotatable bonds is 4. The van der Waals surface area contributed by atoms with E-state index in [1.54, 1.807) is 6.20 Å². The molecule has 1 aliphatic heterocycles. The van der Waals surface area contributed by atoms with Crippen LogP contribution < -0.4 is 9.62 Å². The van der Waals surface area contributed by atoms with Gasteiger partial charge in [-0.15, -0.1) is 10.2 Å². The van der Waals surface area contributed by atoms with E-state index < -0.39 is 10.0 Å². The summed E-state index contributed by atoms with van der Waals surface area (Å²) in [5, 5.41) is 8.14. The van der Waals surface area contributed by atoms with Crippen molar-refractivity contribution in [1.29, 1.82) is 0 Å². The lowest BCUT2D eigenvalue weighted by Crippen LogP contribution is -2.45. The van der Waals surface area contributed by atoms with Gasteiger partial charge in [0.25, 0.3) is 0 Å². The molecular weight excluding hydrogens is 316 g/mol. The molecule has 1 aliphatic carbocycles. The number of hydrogen-bond donors (Lipinski definition) is 1. The third kappa shape index (κ3) is 2.78. The van der Waals surface area contributed by atoms with Crippen molar-refractivity contribution >= 4 is 21.5 Å². The van der Waals surface area contributed by atoms with E-state index in [4.69, 9.17) is 0 Å². The van der Waals surface area contributed by atoms with Gasteiger partial charge in [-0.2, -0.15) is 0 Å². The van der Waals surface area contributed by atoms with Crippen LogP contribution in [0.1, 0.15) is 31.5 Å². The quantitative estimate of drug-likeness (QED) is 0.873. The van der Waals surface area contributed by atoms with Gasteiger partial charge in [0, 0.05) is 31.5 Å². The van der Waals surface area contributed by atoms with Gasteiger partial charge in [-0.25, -0.2) is 18.1 Å². The zero-order chi connectivity index (χ0) is 16.0. The number of sulfonamides is 1. The summed E-state index contributed by atoms with van der Waals surface area (Å²) in [5.74, 6) is 1.65. The minimum atomic E-state index is -3.11. The third-order valence-electron chi connectivity index (χ3n) is 4.57. The minimum absolute atomic E-state index is 0.0242. The summed E-state index contributed by atoms with van der Waals surface area (Å²) in [6.07, 6.45) is 6.76. The molecule has 0 amide bonds. The number of anilines is 1. The normalized spacial score (nSPS) is 20.3. The molecule has 3 heterocycles. The molecule has 4 rings (SSSR count). The van der Waals surface area contributed by atoms with E-state index in [1.807, 2.05) is 17.5 Å². The van der Waals surface area contributed by atoms with E-state index in [-0.39, 0.29) is 11.3 Å². The molecule has 9 heteroatoms. The van der Waals surface area contributed by atoms with Crippen LogP contribution in [0.15, 0.2) is 12.4 Å². The summed E-state index contributed by atoms with van der Waals surface area (Å²) in [4.78, 5) is 6.60. The maximum Gasteiger partial charge on any atom is 0.214 e. The highest BCUT2D eigenvalue weighted by Crippen LogP contribution is 2.29. The van der Waals surface area contributed by atoms with Crippen molar-refractivity contribution in [2.24, 2.45) is 0 Å². The van der Waals surface area contributed by atoms with Crippen LogP contribution in [0, 0.1) is 6.92 Å². The predicted octanol–water partition coefficient (Wildman–Crippen LogP) is 0.483. The molecule has 0 radical (unpaired) electrons. The Labute approximate surface area is 135 Å². The van der Waals surface area contributed by atoms with Crippen LogP contribution in [0.3, 0.4) is 0 Å². The Kier molecular flexibility index (Phi) is 3.49. The monoisotopic (exact) mass is 336 g/mol. The van der Waals surface area contributed by atoms with E-state index in [1.165, 1.54) is 0 Å². The number of nitrogens with zero attached hydrogens (tertiary/aromatic N) is 5. The number of piperidine rings is 1. The van der Waals surface area contributed by atoms with Crippen molar-refractivity contribution in [3.63, 3.8) is 0 Å². The molecule has 0 unspecified atom stereocenters. The Morgan fingerprint density at radius 3 is 2.61 bits per heavy atom. The summed E-state index contributed by atoms with van der Waals surface area (Å²) < 4.78 is 28.8. The fraction of sp³-hybridized carbons (Fsp3) is 0.643. The van der Waals surface area contributed by atoms with Crippen molar-refractivity contribution in [2.45, 2.75) is 43.9 Å². The first-order valence-corrected chi connectivity index (χ1v) is 9.51. The first kappa shape index (κ1) is 14.8. The van der Waals surface area contributed by atoms with Crippen LogP contribution in [0.25, 0.3) is 5.65 Å². The van der Waals surface area contributed by atoms with E-state index in [0.29, 0.717) is 0 Å². The standard InChI is InChI=1S/C14H20N6O2S/c1-10-16-17-14-13(15-6-9-20(10)14)19-7-4-11(5-8-19)18-23(21,22)12-2-3-12/h6,9,11-12,18H,2-5,7-8H2,1H3. The number of aryl methyl sites for hydroxylation is 1. The Morgan fingerprint density at radius 1 is 1.17 bits per heavy atom. The fourth-order valence-electron chi connectivity index (χ4n) is 3.07. The molecule has 0 bridgehead atoms. The second-order valence-corrected chi connectivity index (χ2v) is 8.31. The minimum Gasteiger partial charge on any atom is -0.353 e. The van der Waals surface area contributed by atoms with Crippen molar-refractivity contribution in [2.75, 3.05) is 18.0 Å². The van der Waals surface area contributed by atoms with Crippen LogP contribution in [0.2, 0.25) is 0 Å². The van der Waals surface area contributed by atoms with Crippen LogP contribution in [-0.2, 0) is 10.0 Å². The molecular formula is C14H20N6O2S. The molecule has 2 fully saturated rings. The van der Waals surface area contributed by atoms with Gasteiger partial charge in [-0.05, 0) is 32.6 Å². The summed E-state index contributed by atoms with van der Waals surface area (Å²) in [6.45, 7) is 3.43. The van der Waals surface area contributed by atoms with E-state index >= 15 is 0 Å². The zero-order valence-electron chi connectivity index (χ0n) is 13.0. The predicted molar refractivity (Wildman–Crippen MR) is 85.8 cm³/mol. The van der Waals surface area contributed by atoms with Gasteiger partial charge < -0.3 is 4.90 Å². The maximum absolute atomic E-state index is 12.0. The average molecular weight is 336 g/mol. The summed E-state index contributed by atoms with van der Waals surface area (Å²) in [6, 6.07) is 0.0242. The van der Waals surface area contributed by atoms with Gasteiger partial charge in [0.05, 0.1) is 5.25 Å². The van der Waals surface area contributed by atoms with Crippen LogP contribution >= 0.6 is 0 Å². The lowest BCUT2D eigenvalue weighted by Gasteiger charge is -2.32. The molecule has 1 N–H and O–H groups in total. The Hall–Kier alpha value is -1.74. The second-order valence-electron chi connectivity index (χ2n) is 6.32. The number of fused-ring (bicyclic) bond motifs is 1. The molecule has 0 atom stereocenters. The second kappa shape index (κ2) is 5.41. The van der Waals surface area contributed by atoms with E-state index in [0.717, 1.165) is 56.1 Å².